The van der Waals surface area contributed by atoms with Crippen LogP contribution in [0.15, 0.2) is 231 Å². The van der Waals surface area contributed by atoms with Crippen molar-refractivity contribution in [2.75, 3.05) is 0 Å². The fourth-order valence-electron chi connectivity index (χ4n) is 13.6. The van der Waals surface area contributed by atoms with Gasteiger partial charge in [-0.05, 0) is 193 Å². The first-order valence-electron chi connectivity index (χ1n) is 24.6. The molecule has 0 aliphatic heterocycles. The molecule has 0 saturated carbocycles. The van der Waals surface area contributed by atoms with Crippen molar-refractivity contribution in [1.82, 2.24) is 0 Å². The first kappa shape index (κ1) is 37.0. The van der Waals surface area contributed by atoms with E-state index in [1.54, 1.807) is 0 Å². The normalized spacial score (nSPS) is 12.6. The summed E-state index contributed by atoms with van der Waals surface area (Å²) >= 11 is 0. The van der Waals surface area contributed by atoms with Crippen LogP contribution in [0.5, 0.6) is 0 Å². The second kappa shape index (κ2) is 13.3. The number of fused-ring (bicyclic) bond motifs is 12. The fraction of sp³-hybridized carbons (Fsp3) is 0. The summed E-state index contributed by atoms with van der Waals surface area (Å²) in [5.41, 5.74) is 15.3. The molecular formula is C70H38. The lowest BCUT2D eigenvalue weighted by molar-refractivity contribution is 1.58. The minimum absolute atomic E-state index is 1.21. The summed E-state index contributed by atoms with van der Waals surface area (Å²) in [4.78, 5) is 0. The van der Waals surface area contributed by atoms with E-state index in [0.717, 1.165) is 0 Å². The molecule has 0 heteroatoms. The largest absolute Gasteiger partial charge is 0.0622 e. The van der Waals surface area contributed by atoms with Crippen molar-refractivity contribution in [3.05, 3.63) is 231 Å². The second-order valence-corrected chi connectivity index (χ2v) is 19.7. The van der Waals surface area contributed by atoms with E-state index in [1.165, 1.54) is 174 Å². The molecule has 16 aromatic rings. The molecule has 16 aromatic carbocycles. The molecule has 0 radical (unpaired) electrons. The maximum atomic E-state index is 2.57. The first-order chi connectivity index (χ1) is 34.8. The van der Waals surface area contributed by atoms with Crippen LogP contribution in [0.1, 0.15) is 0 Å². The van der Waals surface area contributed by atoms with E-state index in [2.05, 4.69) is 231 Å². The molecular weight excluding hydrogens is 841 g/mol. The maximum Gasteiger partial charge on any atom is -0.000718 e. The molecule has 318 valence electrons. The van der Waals surface area contributed by atoms with Crippen molar-refractivity contribution in [2.45, 2.75) is 0 Å². The first-order valence-corrected chi connectivity index (χ1v) is 24.6. The maximum absolute atomic E-state index is 2.57. The van der Waals surface area contributed by atoms with Gasteiger partial charge in [0.1, 0.15) is 0 Å². The zero-order valence-corrected chi connectivity index (χ0v) is 37.9. The van der Waals surface area contributed by atoms with Crippen LogP contribution in [-0.2, 0) is 0 Å². The third-order valence-electron chi connectivity index (χ3n) is 16.4. The van der Waals surface area contributed by atoms with Crippen LogP contribution in [0, 0.1) is 0 Å². The van der Waals surface area contributed by atoms with Crippen LogP contribution in [0.4, 0.5) is 0 Å². The molecule has 0 unspecified atom stereocenters. The monoisotopic (exact) mass is 878 g/mol. The van der Waals surface area contributed by atoms with Crippen LogP contribution in [-0.4, -0.2) is 0 Å². The van der Waals surface area contributed by atoms with Crippen LogP contribution in [0.3, 0.4) is 0 Å². The molecule has 1 aliphatic carbocycles. The number of hydrogen-bond donors (Lipinski definition) is 0. The van der Waals surface area contributed by atoms with Crippen molar-refractivity contribution in [3.8, 4) is 66.8 Å². The summed E-state index contributed by atoms with van der Waals surface area (Å²) in [5, 5.41) is 26.5. The van der Waals surface area contributed by atoms with Gasteiger partial charge in [-0.1, -0.05) is 212 Å². The molecule has 0 atom stereocenters. The fourth-order valence-corrected chi connectivity index (χ4v) is 13.6. The summed E-state index contributed by atoms with van der Waals surface area (Å²) in [5.74, 6) is 0. The lowest BCUT2D eigenvalue weighted by Gasteiger charge is -2.20. The van der Waals surface area contributed by atoms with Gasteiger partial charge in [0, 0.05) is 0 Å². The molecule has 0 heterocycles. The highest BCUT2D eigenvalue weighted by Gasteiger charge is 2.30. The van der Waals surface area contributed by atoms with Crippen molar-refractivity contribution >= 4 is 108 Å². The Bertz CT molecular complexity index is 4810. The zero-order valence-electron chi connectivity index (χ0n) is 37.9. The Balaban J connectivity index is 1.11. The van der Waals surface area contributed by atoms with Gasteiger partial charge in [-0.2, -0.15) is 0 Å². The SMILES string of the molecule is c1ccc(-c2ccc(-c3c4cc5c(cc4c(-c4ccccc4)c4c6ccc7c8ccc9c%10c(ccc(c%11ccc(c34)c6c7%11)c%108)-c3ccccc3-9)c3cccc4cccc5c43)c(-c3ccccc3)c2)cc1. The third kappa shape index (κ3) is 4.61. The summed E-state index contributed by atoms with van der Waals surface area (Å²) in [6.07, 6.45) is 0. The van der Waals surface area contributed by atoms with E-state index >= 15 is 0 Å². The minimum atomic E-state index is 1.21. The van der Waals surface area contributed by atoms with Crippen molar-refractivity contribution in [1.29, 1.82) is 0 Å². The molecule has 1 aliphatic rings. The summed E-state index contributed by atoms with van der Waals surface area (Å²) < 4.78 is 0. The van der Waals surface area contributed by atoms with Gasteiger partial charge in [-0.25, -0.2) is 0 Å². The summed E-state index contributed by atoms with van der Waals surface area (Å²) in [6.45, 7) is 0. The highest BCUT2D eigenvalue weighted by Crippen LogP contribution is 2.58. The molecule has 0 fully saturated rings. The summed E-state index contributed by atoms with van der Waals surface area (Å²) in [6, 6.07) is 87.6. The van der Waals surface area contributed by atoms with Gasteiger partial charge in [0.05, 0.1) is 0 Å². The second-order valence-electron chi connectivity index (χ2n) is 19.7. The summed E-state index contributed by atoms with van der Waals surface area (Å²) in [7, 11) is 0. The van der Waals surface area contributed by atoms with E-state index in [-0.39, 0.29) is 0 Å². The number of hydrogen-bond acceptors (Lipinski definition) is 0. The molecule has 0 bridgehead atoms. The molecule has 17 rings (SSSR count). The van der Waals surface area contributed by atoms with Gasteiger partial charge < -0.3 is 0 Å². The van der Waals surface area contributed by atoms with Crippen LogP contribution in [0.25, 0.3) is 174 Å². The van der Waals surface area contributed by atoms with Crippen LogP contribution >= 0.6 is 0 Å². The van der Waals surface area contributed by atoms with Gasteiger partial charge in [-0.15, -0.1) is 0 Å². The van der Waals surface area contributed by atoms with Gasteiger partial charge in [0.15, 0.2) is 0 Å². The number of rotatable bonds is 4. The Hall–Kier alpha value is -9.10. The Morgan fingerprint density at radius 2 is 0.600 bits per heavy atom. The quantitative estimate of drug-likeness (QED) is 0.122. The lowest BCUT2D eigenvalue weighted by Crippen LogP contribution is -1.93. The Morgan fingerprint density at radius 3 is 1.20 bits per heavy atom. The molecule has 0 amide bonds. The van der Waals surface area contributed by atoms with Crippen molar-refractivity contribution in [3.63, 3.8) is 0 Å². The predicted molar refractivity (Wildman–Crippen MR) is 301 cm³/mol. The van der Waals surface area contributed by atoms with Gasteiger partial charge >= 0.3 is 0 Å². The van der Waals surface area contributed by atoms with Crippen molar-refractivity contribution in [2.24, 2.45) is 0 Å². The highest BCUT2D eigenvalue weighted by molar-refractivity contribution is 6.47. The molecule has 0 aromatic heterocycles. The topological polar surface area (TPSA) is 0 Å². The molecule has 0 saturated heterocycles. The average Bonchev–Trinajstić information content (AvgIpc) is 4.06. The number of benzene rings is 14. The molecule has 0 N–H and O–H groups in total. The Labute approximate surface area is 402 Å². The van der Waals surface area contributed by atoms with Gasteiger partial charge in [-0.3, -0.25) is 0 Å². The van der Waals surface area contributed by atoms with E-state index in [9.17, 15) is 0 Å². The highest BCUT2D eigenvalue weighted by atomic mass is 14.3. The van der Waals surface area contributed by atoms with Crippen LogP contribution < -0.4 is 0 Å². The smallest absolute Gasteiger partial charge is 0.000718 e. The van der Waals surface area contributed by atoms with E-state index in [1.807, 2.05) is 0 Å². The van der Waals surface area contributed by atoms with Crippen molar-refractivity contribution < 1.29 is 0 Å². The van der Waals surface area contributed by atoms with E-state index < -0.39 is 0 Å². The predicted octanol–water partition coefficient (Wildman–Crippen LogP) is 19.8. The van der Waals surface area contributed by atoms with Gasteiger partial charge in [0.25, 0.3) is 0 Å². The van der Waals surface area contributed by atoms with E-state index in [0.29, 0.717) is 0 Å². The molecule has 0 spiro atoms. The third-order valence-corrected chi connectivity index (χ3v) is 16.4. The van der Waals surface area contributed by atoms with Gasteiger partial charge in [0.2, 0.25) is 0 Å². The average molecular weight is 879 g/mol. The zero-order chi connectivity index (χ0) is 45.3. The molecule has 0 nitrogen and oxygen atoms in total. The lowest BCUT2D eigenvalue weighted by atomic mass is 9.83. The minimum Gasteiger partial charge on any atom is -0.0622 e. The van der Waals surface area contributed by atoms with Crippen LogP contribution in [0.2, 0.25) is 0 Å². The molecule has 70 heavy (non-hydrogen) atoms. The Morgan fingerprint density at radius 1 is 0.157 bits per heavy atom. The standard InChI is InChI=1S/C70H38/c1-4-14-39(15-5-1)43-26-27-54(57(36-43)40-16-6-2-7-17-40)67-61-38-59-47-25-13-21-41-20-12-24-46(62(41)47)58(59)37-60(61)63(42-18-8-3-9-19-42)69-55-34-32-52-50-30-28-48-44-22-10-11-23-45(44)49-29-31-51(65(50)64(48)49)53-33-35-56(70(67)69)68(55)66(52)53/h1-38H. The van der Waals surface area contributed by atoms with E-state index in [4.69, 9.17) is 0 Å². The Kier molecular flexibility index (Phi) is 7.03.